The minimum Gasteiger partial charge on any atom is -0.477 e. The summed E-state index contributed by atoms with van der Waals surface area (Å²) in [5.74, 6) is -0.335. The Labute approximate surface area is 131 Å². The fourth-order valence-corrected chi connectivity index (χ4v) is 1.96. The zero-order chi connectivity index (χ0) is 15.9. The summed E-state index contributed by atoms with van der Waals surface area (Å²) in [5, 5.41) is 14.0. The second kappa shape index (κ2) is 7.42. The number of para-hydroxylation sites is 2. The van der Waals surface area contributed by atoms with Gasteiger partial charge in [0, 0.05) is 17.6 Å². The van der Waals surface area contributed by atoms with Crippen LogP contribution < -0.4 is 10.1 Å². The molecule has 22 heavy (non-hydrogen) atoms. The maximum atomic E-state index is 11.7. The zero-order valence-corrected chi connectivity index (χ0v) is 12.2. The van der Waals surface area contributed by atoms with Crippen molar-refractivity contribution >= 4 is 23.2 Å². The first-order valence-electron chi connectivity index (χ1n) is 6.44. The number of nitro groups is 1. The molecule has 1 N–H and O–H groups in total. The first kappa shape index (κ1) is 15.8. The van der Waals surface area contributed by atoms with Crippen LogP contribution in [-0.4, -0.2) is 17.4 Å². The van der Waals surface area contributed by atoms with Crippen LogP contribution in [0, 0.1) is 10.1 Å². The molecule has 0 saturated carbocycles. The van der Waals surface area contributed by atoms with Gasteiger partial charge in [0.15, 0.2) is 12.4 Å². The number of nitrogens with zero attached hydrogens (tertiary/aromatic N) is 1. The second-order valence-electron chi connectivity index (χ2n) is 4.38. The standard InChI is InChI=1S/C15H13ClN2O4/c16-12-6-2-1-5-11(12)9-17-15(19)10-22-14-8-4-3-7-13(14)18(20)21/h1-8H,9-10H2,(H,17,19). The van der Waals surface area contributed by atoms with Crippen molar-refractivity contribution in [2.24, 2.45) is 0 Å². The molecule has 0 aliphatic rings. The number of benzene rings is 2. The Kier molecular flexibility index (Phi) is 5.32. The predicted octanol–water partition coefficient (Wildman–Crippen LogP) is 2.94. The average Bonchev–Trinajstić information content (AvgIpc) is 2.52. The van der Waals surface area contributed by atoms with Crippen molar-refractivity contribution in [2.45, 2.75) is 6.54 Å². The Morgan fingerprint density at radius 3 is 2.59 bits per heavy atom. The van der Waals surface area contributed by atoms with Crippen molar-refractivity contribution in [2.75, 3.05) is 6.61 Å². The molecule has 0 aromatic heterocycles. The van der Waals surface area contributed by atoms with Crippen LogP contribution in [0.1, 0.15) is 5.56 Å². The molecule has 2 aromatic carbocycles. The van der Waals surface area contributed by atoms with E-state index in [1.165, 1.54) is 18.2 Å². The molecule has 0 unspecified atom stereocenters. The van der Waals surface area contributed by atoms with Gasteiger partial charge in [-0.1, -0.05) is 41.9 Å². The Bertz CT molecular complexity index is 691. The molecule has 0 atom stereocenters. The van der Waals surface area contributed by atoms with E-state index >= 15 is 0 Å². The van der Waals surface area contributed by atoms with E-state index in [2.05, 4.69) is 5.32 Å². The van der Waals surface area contributed by atoms with E-state index in [9.17, 15) is 14.9 Å². The van der Waals surface area contributed by atoms with Crippen LogP contribution in [0.5, 0.6) is 5.75 Å². The van der Waals surface area contributed by atoms with E-state index in [4.69, 9.17) is 16.3 Å². The highest BCUT2D eigenvalue weighted by atomic mass is 35.5. The predicted molar refractivity (Wildman–Crippen MR) is 81.9 cm³/mol. The first-order chi connectivity index (χ1) is 10.6. The fourth-order valence-electron chi connectivity index (χ4n) is 1.76. The van der Waals surface area contributed by atoms with Crippen molar-refractivity contribution < 1.29 is 14.5 Å². The largest absolute Gasteiger partial charge is 0.477 e. The number of hydrogen-bond acceptors (Lipinski definition) is 4. The normalized spacial score (nSPS) is 10.0. The minimum atomic E-state index is -0.559. The van der Waals surface area contributed by atoms with E-state index < -0.39 is 10.8 Å². The van der Waals surface area contributed by atoms with E-state index in [-0.39, 0.29) is 24.6 Å². The van der Waals surface area contributed by atoms with Crippen LogP contribution in [0.2, 0.25) is 5.02 Å². The van der Waals surface area contributed by atoms with Crippen LogP contribution in [-0.2, 0) is 11.3 Å². The van der Waals surface area contributed by atoms with Gasteiger partial charge in [-0.3, -0.25) is 14.9 Å². The summed E-state index contributed by atoms with van der Waals surface area (Å²) in [6.07, 6.45) is 0. The molecule has 0 aliphatic heterocycles. The molecule has 6 nitrogen and oxygen atoms in total. The number of halogens is 1. The number of amides is 1. The Morgan fingerprint density at radius 2 is 1.86 bits per heavy atom. The van der Waals surface area contributed by atoms with Gasteiger partial charge < -0.3 is 10.1 Å². The molecule has 2 rings (SSSR count). The van der Waals surface area contributed by atoms with Gasteiger partial charge >= 0.3 is 5.69 Å². The van der Waals surface area contributed by atoms with Gasteiger partial charge in [-0.05, 0) is 17.7 Å². The SMILES string of the molecule is O=C(COc1ccccc1[N+](=O)[O-])NCc1ccccc1Cl. The number of nitrogens with one attached hydrogen (secondary N) is 1. The average molecular weight is 321 g/mol. The molecule has 0 heterocycles. The van der Waals surface area contributed by atoms with Gasteiger partial charge in [0.25, 0.3) is 5.91 Å². The lowest BCUT2D eigenvalue weighted by Crippen LogP contribution is -2.28. The molecule has 2 aromatic rings. The summed E-state index contributed by atoms with van der Waals surface area (Å²) in [6.45, 7) is -0.0476. The van der Waals surface area contributed by atoms with Crippen LogP contribution in [0.3, 0.4) is 0 Å². The lowest BCUT2D eigenvalue weighted by atomic mass is 10.2. The number of carbonyl (C=O) groups is 1. The van der Waals surface area contributed by atoms with Crippen molar-refractivity contribution in [1.29, 1.82) is 0 Å². The molecule has 0 fully saturated rings. The summed E-state index contributed by atoms with van der Waals surface area (Å²) in [5.41, 5.74) is 0.601. The Morgan fingerprint density at radius 1 is 1.18 bits per heavy atom. The maximum absolute atomic E-state index is 11.7. The number of nitro benzene ring substituents is 1. The van der Waals surface area contributed by atoms with Gasteiger partial charge in [-0.15, -0.1) is 0 Å². The molecule has 0 radical (unpaired) electrons. The lowest BCUT2D eigenvalue weighted by Gasteiger charge is -2.08. The van der Waals surface area contributed by atoms with E-state index in [1.807, 2.05) is 6.07 Å². The molecule has 0 spiro atoms. The minimum absolute atomic E-state index is 0.0559. The summed E-state index contributed by atoms with van der Waals surface area (Å²) in [7, 11) is 0. The van der Waals surface area contributed by atoms with E-state index in [0.29, 0.717) is 5.02 Å². The van der Waals surface area contributed by atoms with Crippen molar-refractivity contribution in [3.63, 3.8) is 0 Å². The highest BCUT2D eigenvalue weighted by Crippen LogP contribution is 2.25. The molecule has 114 valence electrons. The summed E-state index contributed by atoms with van der Waals surface area (Å²) >= 11 is 5.98. The monoisotopic (exact) mass is 320 g/mol. The van der Waals surface area contributed by atoms with Gasteiger partial charge in [-0.25, -0.2) is 0 Å². The second-order valence-corrected chi connectivity index (χ2v) is 4.79. The summed E-state index contributed by atoms with van der Waals surface area (Å²) in [4.78, 5) is 22.0. The van der Waals surface area contributed by atoms with Crippen molar-refractivity contribution in [3.8, 4) is 5.75 Å². The van der Waals surface area contributed by atoms with Crippen LogP contribution in [0.4, 0.5) is 5.69 Å². The quantitative estimate of drug-likeness (QED) is 0.655. The molecule has 0 bridgehead atoms. The smallest absolute Gasteiger partial charge is 0.310 e. The number of ether oxygens (including phenoxy) is 1. The van der Waals surface area contributed by atoms with Gasteiger partial charge in [0.05, 0.1) is 4.92 Å². The third-order valence-corrected chi connectivity index (χ3v) is 3.22. The molecule has 7 heteroatoms. The van der Waals surface area contributed by atoms with Crippen LogP contribution >= 0.6 is 11.6 Å². The molecule has 0 saturated heterocycles. The van der Waals surface area contributed by atoms with Gasteiger partial charge in [0.2, 0.25) is 0 Å². The number of rotatable bonds is 6. The topological polar surface area (TPSA) is 81.5 Å². The van der Waals surface area contributed by atoms with Gasteiger partial charge in [-0.2, -0.15) is 0 Å². The van der Waals surface area contributed by atoms with Crippen LogP contribution in [0.15, 0.2) is 48.5 Å². The maximum Gasteiger partial charge on any atom is 0.310 e. The molecular formula is C15H13ClN2O4. The van der Waals surface area contributed by atoms with Crippen molar-refractivity contribution in [3.05, 3.63) is 69.2 Å². The van der Waals surface area contributed by atoms with Crippen molar-refractivity contribution in [1.82, 2.24) is 5.32 Å². The molecule has 0 aliphatic carbocycles. The molecular weight excluding hydrogens is 308 g/mol. The Hall–Kier alpha value is -2.60. The Balaban J connectivity index is 1.89. The number of carbonyl (C=O) groups excluding carboxylic acids is 1. The first-order valence-corrected chi connectivity index (χ1v) is 6.82. The third-order valence-electron chi connectivity index (χ3n) is 2.85. The highest BCUT2D eigenvalue weighted by molar-refractivity contribution is 6.31. The summed E-state index contributed by atoms with van der Waals surface area (Å²) < 4.78 is 5.19. The number of hydrogen-bond donors (Lipinski definition) is 1. The highest BCUT2D eigenvalue weighted by Gasteiger charge is 2.14. The zero-order valence-electron chi connectivity index (χ0n) is 11.5. The van der Waals surface area contributed by atoms with Crippen LogP contribution in [0.25, 0.3) is 0 Å². The summed E-state index contributed by atoms with van der Waals surface area (Å²) in [6, 6.07) is 13.0. The third kappa shape index (κ3) is 4.20. The fraction of sp³-hybridized carbons (Fsp3) is 0.133. The lowest BCUT2D eigenvalue weighted by molar-refractivity contribution is -0.385. The van der Waals surface area contributed by atoms with Gasteiger partial charge in [0.1, 0.15) is 0 Å². The van der Waals surface area contributed by atoms with E-state index in [1.54, 1.807) is 24.3 Å². The molecule has 1 amide bonds. The van der Waals surface area contributed by atoms with E-state index in [0.717, 1.165) is 5.56 Å².